The van der Waals surface area contributed by atoms with Crippen molar-refractivity contribution in [2.24, 2.45) is 5.73 Å². The first kappa shape index (κ1) is 10.3. The molecule has 1 atom stereocenters. The molecule has 72 valence electrons. The fourth-order valence-electron chi connectivity index (χ4n) is 1.10. The van der Waals surface area contributed by atoms with Crippen molar-refractivity contribution in [3.8, 4) is 0 Å². The van der Waals surface area contributed by atoms with Gasteiger partial charge >= 0.3 is 0 Å². The summed E-state index contributed by atoms with van der Waals surface area (Å²) in [6.07, 6.45) is 0.545. The van der Waals surface area contributed by atoms with E-state index in [9.17, 15) is 0 Å². The van der Waals surface area contributed by atoms with Gasteiger partial charge in [-0.2, -0.15) is 0 Å². The van der Waals surface area contributed by atoms with Crippen LogP contribution in [0.5, 0.6) is 0 Å². The summed E-state index contributed by atoms with van der Waals surface area (Å²) in [6.45, 7) is -0.0496. The van der Waals surface area contributed by atoms with Gasteiger partial charge in [-0.3, -0.25) is 0 Å². The van der Waals surface area contributed by atoms with Gasteiger partial charge in [-0.05, 0) is 30.2 Å². The summed E-state index contributed by atoms with van der Waals surface area (Å²) in [5.41, 5.74) is 12.8. The lowest BCUT2D eigenvalue weighted by molar-refractivity contribution is 0.265. The van der Waals surface area contributed by atoms with E-state index in [4.69, 9.17) is 28.2 Å². The molecule has 0 aliphatic heterocycles. The molecule has 0 heterocycles. The van der Waals surface area contributed by atoms with Gasteiger partial charge in [-0.15, -0.1) is 0 Å². The van der Waals surface area contributed by atoms with Crippen molar-refractivity contribution in [2.75, 3.05) is 12.3 Å². The van der Waals surface area contributed by atoms with Gasteiger partial charge in [0.05, 0.1) is 6.61 Å². The molecule has 0 radical (unpaired) electrons. The van der Waals surface area contributed by atoms with Crippen LogP contribution in [0.3, 0.4) is 0 Å². The number of aliphatic hydroxyl groups excluding tert-OH is 1. The topological polar surface area (TPSA) is 72.3 Å². The van der Waals surface area contributed by atoms with Crippen molar-refractivity contribution >= 4 is 17.3 Å². The second-order valence-electron chi connectivity index (χ2n) is 2.99. The Morgan fingerprint density at radius 3 is 2.77 bits per heavy atom. The fourth-order valence-corrected chi connectivity index (χ4v) is 1.29. The predicted molar refractivity (Wildman–Crippen MR) is 54.6 cm³/mol. The monoisotopic (exact) mass is 200 g/mol. The average molecular weight is 201 g/mol. The van der Waals surface area contributed by atoms with Gasteiger partial charge in [0, 0.05) is 16.8 Å². The molecule has 4 heteroatoms. The van der Waals surface area contributed by atoms with Gasteiger partial charge in [0.2, 0.25) is 0 Å². The number of hydrogen-bond donors (Lipinski definition) is 3. The quantitative estimate of drug-likeness (QED) is 0.632. The molecule has 0 bridgehead atoms. The maximum absolute atomic E-state index is 8.76. The number of aliphatic hydroxyl groups is 1. The minimum absolute atomic E-state index is 0.0496. The molecule has 3 nitrogen and oxygen atoms in total. The summed E-state index contributed by atoms with van der Waals surface area (Å²) < 4.78 is 0. The molecule has 0 amide bonds. The second-order valence-corrected chi connectivity index (χ2v) is 3.43. The minimum Gasteiger partial charge on any atom is -0.399 e. The molecule has 0 aromatic heterocycles. The molecule has 1 aromatic rings. The predicted octanol–water partition coefficient (Wildman–Crippen LogP) is 0.784. The Bertz CT molecular complexity index is 291. The van der Waals surface area contributed by atoms with Gasteiger partial charge in [0.15, 0.2) is 0 Å². The molecule has 0 fully saturated rings. The van der Waals surface area contributed by atoms with E-state index < -0.39 is 0 Å². The van der Waals surface area contributed by atoms with Crippen LogP contribution in [0.4, 0.5) is 5.69 Å². The van der Waals surface area contributed by atoms with Crippen molar-refractivity contribution in [3.05, 3.63) is 28.8 Å². The summed E-state index contributed by atoms with van der Waals surface area (Å²) in [5.74, 6) is 0. The highest BCUT2D eigenvalue weighted by atomic mass is 35.5. The molecule has 13 heavy (non-hydrogen) atoms. The summed E-state index contributed by atoms with van der Waals surface area (Å²) in [7, 11) is 0. The van der Waals surface area contributed by atoms with Gasteiger partial charge in [-0.1, -0.05) is 11.6 Å². The Hall–Kier alpha value is -0.770. The number of anilines is 1. The Morgan fingerprint density at radius 2 is 2.15 bits per heavy atom. The third-order valence-electron chi connectivity index (χ3n) is 1.82. The first-order valence-electron chi connectivity index (χ1n) is 4.04. The van der Waals surface area contributed by atoms with Crippen LogP contribution in [0.15, 0.2) is 18.2 Å². The van der Waals surface area contributed by atoms with E-state index in [0.717, 1.165) is 5.56 Å². The lowest BCUT2D eigenvalue weighted by Gasteiger charge is -2.10. The Balaban J connectivity index is 2.81. The van der Waals surface area contributed by atoms with Crippen molar-refractivity contribution in [1.29, 1.82) is 0 Å². The molecule has 5 N–H and O–H groups in total. The zero-order valence-corrected chi connectivity index (χ0v) is 7.96. The molecular formula is C9H13ClN2O. The van der Waals surface area contributed by atoms with E-state index >= 15 is 0 Å². The maximum Gasteiger partial charge on any atom is 0.0585 e. The van der Waals surface area contributed by atoms with E-state index in [0.29, 0.717) is 17.1 Å². The van der Waals surface area contributed by atoms with E-state index in [1.54, 1.807) is 18.2 Å². The standard InChI is InChI=1S/C9H13ClN2O/c10-7-1-2-9(12)6(3-7)4-8(11)5-13/h1-3,8,13H,4-5,11-12H2. The molecule has 0 spiro atoms. The highest BCUT2D eigenvalue weighted by molar-refractivity contribution is 6.30. The number of nitrogens with two attached hydrogens (primary N) is 2. The van der Waals surface area contributed by atoms with E-state index in [1.165, 1.54) is 0 Å². The van der Waals surface area contributed by atoms with Crippen molar-refractivity contribution in [1.82, 2.24) is 0 Å². The first-order chi connectivity index (χ1) is 6.13. The lowest BCUT2D eigenvalue weighted by Crippen LogP contribution is -2.27. The molecule has 0 saturated carbocycles. The smallest absolute Gasteiger partial charge is 0.0585 e. The summed E-state index contributed by atoms with van der Waals surface area (Å²) >= 11 is 5.78. The summed E-state index contributed by atoms with van der Waals surface area (Å²) in [6, 6.07) is 4.96. The van der Waals surface area contributed by atoms with Gasteiger partial charge in [-0.25, -0.2) is 0 Å². The number of rotatable bonds is 3. The normalized spacial score (nSPS) is 12.8. The molecular weight excluding hydrogens is 188 g/mol. The Labute approximate surface area is 82.3 Å². The molecule has 1 aromatic carbocycles. The van der Waals surface area contributed by atoms with Crippen molar-refractivity contribution in [3.63, 3.8) is 0 Å². The second kappa shape index (κ2) is 4.46. The minimum atomic E-state index is -0.277. The molecule has 0 saturated heterocycles. The Morgan fingerprint density at radius 1 is 1.46 bits per heavy atom. The lowest BCUT2D eigenvalue weighted by atomic mass is 10.1. The van der Waals surface area contributed by atoms with Gasteiger partial charge < -0.3 is 16.6 Å². The summed E-state index contributed by atoms with van der Waals surface area (Å²) in [5, 5.41) is 9.39. The Kier molecular flexibility index (Phi) is 3.54. The largest absolute Gasteiger partial charge is 0.399 e. The number of nitrogen functional groups attached to an aromatic ring is 1. The van der Waals surface area contributed by atoms with E-state index in [2.05, 4.69) is 0 Å². The van der Waals surface area contributed by atoms with Crippen molar-refractivity contribution in [2.45, 2.75) is 12.5 Å². The first-order valence-corrected chi connectivity index (χ1v) is 4.41. The average Bonchev–Trinajstić information content (AvgIpc) is 2.11. The zero-order chi connectivity index (χ0) is 9.84. The number of halogens is 1. The zero-order valence-electron chi connectivity index (χ0n) is 7.20. The highest BCUT2D eigenvalue weighted by Gasteiger charge is 2.05. The molecule has 1 rings (SSSR count). The van der Waals surface area contributed by atoms with Crippen LogP contribution in [0.2, 0.25) is 5.02 Å². The molecule has 0 aliphatic rings. The third kappa shape index (κ3) is 2.88. The van der Waals surface area contributed by atoms with Crippen LogP contribution >= 0.6 is 11.6 Å². The molecule has 1 unspecified atom stereocenters. The van der Waals surface area contributed by atoms with Gasteiger partial charge in [0.1, 0.15) is 0 Å². The fraction of sp³-hybridized carbons (Fsp3) is 0.333. The third-order valence-corrected chi connectivity index (χ3v) is 2.06. The van der Waals surface area contributed by atoms with Crippen LogP contribution in [0, 0.1) is 0 Å². The van der Waals surface area contributed by atoms with Crippen LogP contribution < -0.4 is 11.5 Å². The van der Waals surface area contributed by atoms with Crippen LogP contribution in [-0.2, 0) is 6.42 Å². The van der Waals surface area contributed by atoms with E-state index in [-0.39, 0.29) is 12.6 Å². The molecule has 0 aliphatic carbocycles. The van der Waals surface area contributed by atoms with E-state index in [1.807, 2.05) is 0 Å². The van der Waals surface area contributed by atoms with Crippen molar-refractivity contribution < 1.29 is 5.11 Å². The number of hydrogen-bond acceptors (Lipinski definition) is 3. The number of benzene rings is 1. The van der Waals surface area contributed by atoms with Crippen LogP contribution in [0.1, 0.15) is 5.56 Å². The highest BCUT2D eigenvalue weighted by Crippen LogP contribution is 2.18. The summed E-state index contributed by atoms with van der Waals surface area (Å²) in [4.78, 5) is 0. The van der Waals surface area contributed by atoms with Gasteiger partial charge in [0.25, 0.3) is 0 Å². The SMILES string of the molecule is Nc1ccc(Cl)cc1CC(N)CO. The van der Waals surface area contributed by atoms with Crippen LogP contribution in [-0.4, -0.2) is 17.8 Å². The maximum atomic E-state index is 8.76. The van der Waals surface area contributed by atoms with Crippen LogP contribution in [0.25, 0.3) is 0 Å².